The third-order valence-electron chi connectivity index (χ3n) is 3.23. The lowest BCUT2D eigenvalue weighted by atomic mass is 9.99. The molecule has 3 rings (SSSR count). The first kappa shape index (κ1) is 13.9. The first-order valence-electron chi connectivity index (χ1n) is 6.12. The Morgan fingerprint density at radius 2 is 1.76 bits per heavy atom. The van der Waals surface area contributed by atoms with Crippen molar-refractivity contribution in [1.29, 1.82) is 0 Å². The zero-order valence-corrected chi connectivity index (χ0v) is 11.3. The van der Waals surface area contributed by atoms with Gasteiger partial charge in [-0.15, -0.1) is 0 Å². The van der Waals surface area contributed by atoms with Crippen LogP contribution in [-0.4, -0.2) is 12.4 Å². The molecule has 21 heavy (non-hydrogen) atoms. The molecule has 0 bridgehead atoms. The van der Waals surface area contributed by atoms with Gasteiger partial charge in [0, 0.05) is 23.6 Å². The minimum atomic E-state index is -1.26. The molecular formula is C15H8ClF3O2. The van der Waals surface area contributed by atoms with Crippen LogP contribution in [0, 0.1) is 17.5 Å². The Bertz CT molecular complexity index is 736. The van der Waals surface area contributed by atoms with Gasteiger partial charge in [0.2, 0.25) is 5.78 Å². The topological polar surface area (TPSA) is 26.3 Å². The highest BCUT2D eigenvalue weighted by molar-refractivity contribution is 6.31. The van der Waals surface area contributed by atoms with E-state index in [1.807, 2.05) is 0 Å². The second-order valence-electron chi connectivity index (χ2n) is 4.61. The monoisotopic (exact) mass is 312 g/mol. The van der Waals surface area contributed by atoms with Crippen LogP contribution in [0.15, 0.2) is 24.3 Å². The molecule has 0 fully saturated rings. The van der Waals surface area contributed by atoms with Gasteiger partial charge in [-0.05, 0) is 17.7 Å². The number of ether oxygens (including phenoxy) is 1. The van der Waals surface area contributed by atoms with Crippen molar-refractivity contribution in [1.82, 2.24) is 0 Å². The molecule has 0 aromatic heterocycles. The summed E-state index contributed by atoms with van der Waals surface area (Å²) in [5.41, 5.74) is -0.149. The number of hydrogen-bond donors (Lipinski definition) is 0. The molecule has 0 spiro atoms. The van der Waals surface area contributed by atoms with Crippen LogP contribution >= 0.6 is 11.6 Å². The fraction of sp³-hybridized carbons (Fsp3) is 0.133. The Labute approximate surface area is 123 Å². The van der Waals surface area contributed by atoms with E-state index in [1.165, 1.54) is 6.07 Å². The number of hydrogen-bond acceptors (Lipinski definition) is 2. The van der Waals surface area contributed by atoms with Gasteiger partial charge in [0.25, 0.3) is 0 Å². The van der Waals surface area contributed by atoms with Gasteiger partial charge in [0.05, 0.1) is 17.7 Å². The van der Waals surface area contributed by atoms with Crippen molar-refractivity contribution in [3.05, 3.63) is 63.4 Å². The minimum absolute atomic E-state index is 0.0283. The fourth-order valence-corrected chi connectivity index (χ4v) is 2.57. The number of carbonyl (C=O) groups is 1. The van der Waals surface area contributed by atoms with Crippen molar-refractivity contribution >= 4 is 17.4 Å². The molecule has 108 valence electrons. The van der Waals surface area contributed by atoms with Gasteiger partial charge >= 0.3 is 0 Å². The van der Waals surface area contributed by atoms with Gasteiger partial charge in [-0.2, -0.15) is 0 Å². The van der Waals surface area contributed by atoms with Crippen LogP contribution in [0.4, 0.5) is 13.2 Å². The Kier molecular flexibility index (Phi) is 3.37. The van der Waals surface area contributed by atoms with E-state index in [9.17, 15) is 18.0 Å². The van der Waals surface area contributed by atoms with Gasteiger partial charge in [-0.25, -0.2) is 13.2 Å². The van der Waals surface area contributed by atoms with E-state index in [-0.39, 0.29) is 16.3 Å². The van der Waals surface area contributed by atoms with Crippen LogP contribution in [0.3, 0.4) is 0 Å². The summed E-state index contributed by atoms with van der Waals surface area (Å²) < 4.78 is 45.7. The first-order chi connectivity index (χ1) is 9.97. The van der Waals surface area contributed by atoms with E-state index < -0.39 is 28.8 Å². The highest BCUT2D eigenvalue weighted by Crippen LogP contribution is 2.35. The number of benzene rings is 2. The standard InChI is InChI=1S/C15H8ClF3O2/c16-8-3-7-1-2-21-15(7)10(4-8)14(20)13-11(18)5-9(17)6-12(13)19/h3-6H,1-2H2. The highest BCUT2D eigenvalue weighted by Gasteiger charge is 2.27. The van der Waals surface area contributed by atoms with Crippen molar-refractivity contribution in [3.8, 4) is 5.75 Å². The zero-order valence-electron chi connectivity index (χ0n) is 10.6. The summed E-state index contributed by atoms with van der Waals surface area (Å²) in [6.45, 7) is 0.365. The van der Waals surface area contributed by atoms with Gasteiger partial charge in [-0.1, -0.05) is 11.6 Å². The molecule has 0 saturated heterocycles. The molecule has 2 aromatic carbocycles. The lowest BCUT2D eigenvalue weighted by molar-refractivity contribution is 0.102. The largest absolute Gasteiger partial charge is 0.492 e. The van der Waals surface area contributed by atoms with Crippen molar-refractivity contribution in [3.63, 3.8) is 0 Å². The lowest BCUT2D eigenvalue weighted by Crippen LogP contribution is -2.10. The van der Waals surface area contributed by atoms with Crippen molar-refractivity contribution < 1.29 is 22.7 Å². The van der Waals surface area contributed by atoms with E-state index in [0.29, 0.717) is 30.7 Å². The van der Waals surface area contributed by atoms with Crippen LogP contribution in [0.2, 0.25) is 5.02 Å². The van der Waals surface area contributed by atoms with Gasteiger partial charge in [-0.3, -0.25) is 4.79 Å². The molecule has 0 N–H and O–H groups in total. The Balaban J connectivity index is 2.17. The second kappa shape index (κ2) is 5.07. The second-order valence-corrected chi connectivity index (χ2v) is 5.05. The summed E-state index contributed by atoms with van der Waals surface area (Å²) in [6, 6.07) is 3.85. The summed E-state index contributed by atoms with van der Waals surface area (Å²) in [6.07, 6.45) is 0.560. The summed E-state index contributed by atoms with van der Waals surface area (Å²) in [5.74, 6) is -4.26. The maximum absolute atomic E-state index is 13.7. The molecule has 1 aliphatic heterocycles. The zero-order chi connectivity index (χ0) is 15.1. The molecule has 0 atom stereocenters. The molecule has 0 amide bonds. The highest BCUT2D eigenvalue weighted by atomic mass is 35.5. The SMILES string of the molecule is O=C(c1cc(Cl)cc2c1OCC2)c1c(F)cc(F)cc1F. The van der Waals surface area contributed by atoms with Crippen LogP contribution in [0.5, 0.6) is 5.75 Å². The Hall–Kier alpha value is -2.01. The maximum Gasteiger partial charge on any atom is 0.202 e. The molecule has 2 aromatic rings. The summed E-state index contributed by atoms with van der Waals surface area (Å²) in [4.78, 5) is 12.4. The van der Waals surface area contributed by atoms with E-state index >= 15 is 0 Å². The first-order valence-corrected chi connectivity index (χ1v) is 6.49. The smallest absolute Gasteiger partial charge is 0.202 e. The minimum Gasteiger partial charge on any atom is -0.492 e. The molecule has 0 saturated carbocycles. The molecule has 0 unspecified atom stereocenters. The van der Waals surface area contributed by atoms with Crippen LogP contribution in [0.1, 0.15) is 21.5 Å². The number of fused-ring (bicyclic) bond motifs is 1. The van der Waals surface area contributed by atoms with Crippen molar-refractivity contribution in [2.75, 3.05) is 6.61 Å². The third-order valence-corrected chi connectivity index (χ3v) is 3.45. The van der Waals surface area contributed by atoms with E-state index in [1.54, 1.807) is 6.07 Å². The molecule has 0 radical (unpaired) electrons. The van der Waals surface area contributed by atoms with E-state index in [0.717, 1.165) is 0 Å². The fourth-order valence-electron chi connectivity index (χ4n) is 2.33. The molecule has 6 heteroatoms. The number of carbonyl (C=O) groups excluding carboxylic acids is 1. The van der Waals surface area contributed by atoms with Crippen molar-refractivity contribution in [2.24, 2.45) is 0 Å². The Morgan fingerprint density at radius 1 is 1.10 bits per heavy atom. The predicted octanol–water partition coefficient (Wildman–Crippen LogP) is 3.92. The summed E-state index contributed by atoms with van der Waals surface area (Å²) in [7, 11) is 0. The average molecular weight is 313 g/mol. The normalized spacial score (nSPS) is 13.0. The van der Waals surface area contributed by atoms with Gasteiger partial charge in [0.1, 0.15) is 23.2 Å². The van der Waals surface area contributed by atoms with Gasteiger partial charge in [0.15, 0.2) is 0 Å². The molecule has 2 nitrogen and oxygen atoms in total. The predicted molar refractivity (Wildman–Crippen MR) is 70.4 cm³/mol. The van der Waals surface area contributed by atoms with E-state index in [2.05, 4.69) is 0 Å². The van der Waals surface area contributed by atoms with Crippen LogP contribution in [0.25, 0.3) is 0 Å². The number of halogens is 4. The average Bonchev–Trinajstić information content (AvgIpc) is 2.84. The summed E-state index contributed by atoms with van der Waals surface area (Å²) in [5, 5.41) is 0.269. The molecule has 1 aliphatic rings. The molecule has 0 aliphatic carbocycles. The lowest BCUT2D eigenvalue weighted by Gasteiger charge is -2.09. The van der Waals surface area contributed by atoms with E-state index in [4.69, 9.17) is 16.3 Å². The van der Waals surface area contributed by atoms with Crippen LogP contribution < -0.4 is 4.74 Å². The molecule has 1 heterocycles. The Morgan fingerprint density at radius 3 is 2.43 bits per heavy atom. The number of rotatable bonds is 2. The van der Waals surface area contributed by atoms with Crippen molar-refractivity contribution in [2.45, 2.75) is 6.42 Å². The van der Waals surface area contributed by atoms with Gasteiger partial charge < -0.3 is 4.74 Å². The third kappa shape index (κ3) is 2.38. The molecular weight excluding hydrogens is 305 g/mol. The quantitative estimate of drug-likeness (QED) is 0.786. The number of ketones is 1. The maximum atomic E-state index is 13.7. The summed E-state index contributed by atoms with van der Waals surface area (Å²) >= 11 is 5.91. The van der Waals surface area contributed by atoms with Crippen LogP contribution in [-0.2, 0) is 6.42 Å².